The molecule has 5 rings (SSSR count). The van der Waals surface area contributed by atoms with Crippen molar-refractivity contribution in [1.82, 2.24) is 24.6 Å². The number of aromatic nitrogens is 4. The fourth-order valence-corrected chi connectivity index (χ4v) is 5.38. The van der Waals surface area contributed by atoms with E-state index in [4.69, 9.17) is 15.6 Å². The number of nitrogen functional groups attached to an aromatic ring is 1. The number of nitrogens with zero attached hydrogens (tertiary/aromatic N) is 5. The third-order valence-electron chi connectivity index (χ3n) is 6.14. The highest BCUT2D eigenvalue weighted by atomic mass is 32.1. The van der Waals surface area contributed by atoms with Gasteiger partial charge < -0.3 is 15.4 Å². The van der Waals surface area contributed by atoms with Gasteiger partial charge in [0.25, 0.3) is 0 Å². The number of hydrogen-bond acceptors (Lipinski definition) is 7. The maximum absolute atomic E-state index is 12.2. The molecule has 0 spiro atoms. The lowest BCUT2D eigenvalue weighted by atomic mass is 10.1. The second-order valence-electron chi connectivity index (χ2n) is 8.33. The fourth-order valence-electron chi connectivity index (χ4n) is 4.36. The molecule has 34 heavy (non-hydrogen) atoms. The van der Waals surface area contributed by atoms with E-state index in [1.54, 1.807) is 11.3 Å². The van der Waals surface area contributed by atoms with E-state index in [1.165, 1.54) is 12.4 Å². The third kappa shape index (κ3) is 4.14. The molecule has 1 aliphatic rings. The molecule has 174 valence electrons. The lowest BCUT2D eigenvalue weighted by Gasteiger charge is -2.32. The Kier molecular flexibility index (Phi) is 6.02. The lowest BCUT2D eigenvalue weighted by molar-refractivity contribution is -0.127. The number of carbonyl (C=O) groups excluding carboxylic acids is 1. The number of benzene rings is 1. The monoisotopic (exact) mass is 474 g/mol. The van der Waals surface area contributed by atoms with Crippen molar-refractivity contribution < 1.29 is 9.53 Å². The average molecular weight is 475 g/mol. The first-order valence-corrected chi connectivity index (χ1v) is 12.0. The lowest BCUT2D eigenvalue weighted by Crippen LogP contribution is -2.40. The van der Waals surface area contributed by atoms with Crippen LogP contribution in [0.2, 0.25) is 0 Å². The van der Waals surface area contributed by atoms with Gasteiger partial charge in [-0.15, -0.1) is 11.3 Å². The Balaban J connectivity index is 1.50. The van der Waals surface area contributed by atoms with E-state index < -0.39 is 0 Å². The van der Waals surface area contributed by atoms with Crippen molar-refractivity contribution in [1.29, 1.82) is 0 Å². The molecule has 1 aromatic carbocycles. The van der Waals surface area contributed by atoms with Crippen molar-refractivity contribution in [2.24, 2.45) is 0 Å². The normalized spacial score (nSPS) is 16.0. The van der Waals surface area contributed by atoms with Crippen molar-refractivity contribution in [3.8, 4) is 16.3 Å². The number of aryl methyl sites for hydroxylation is 1. The van der Waals surface area contributed by atoms with Gasteiger partial charge in [-0.3, -0.25) is 4.79 Å². The first-order valence-electron chi connectivity index (χ1n) is 11.2. The molecule has 3 aromatic heterocycles. The summed E-state index contributed by atoms with van der Waals surface area (Å²) in [6, 6.07) is 11.9. The number of para-hydroxylation sites is 1. The quantitative estimate of drug-likeness (QED) is 0.417. The zero-order valence-electron chi connectivity index (χ0n) is 19.0. The molecule has 4 heterocycles. The number of piperidine rings is 1. The molecule has 8 nitrogen and oxygen atoms in total. The maximum Gasteiger partial charge on any atom is 0.246 e. The van der Waals surface area contributed by atoms with Gasteiger partial charge in [0.2, 0.25) is 5.91 Å². The van der Waals surface area contributed by atoms with Crippen molar-refractivity contribution >= 4 is 34.1 Å². The van der Waals surface area contributed by atoms with Crippen molar-refractivity contribution in [2.45, 2.75) is 32.4 Å². The number of ether oxygens (including phenoxy) is 1. The van der Waals surface area contributed by atoms with Crippen molar-refractivity contribution in [3.63, 3.8) is 0 Å². The molecule has 1 aliphatic heterocycles. The van der Waals surface area contributed by atoms with Crippen LogP contribution in [0.1, 0.15) is 29.3 Å². The molecule has 9 heteroatoms. The second kappa shape index (κ2) is 9.26. The summed E-state index contributed by atoms with van der Waals surface area (Å²) in [4.78, 5) is 24.9. The first-order chi connectivity index (χ1) is 16.5. The van der Waals surface area contributed by atoms with Crippen LogP contribution in [0.5, 0.6) is 5.75 Å². The Morgan fingerprint density at radius 3 is 2.94 bits per heavy atom. The smallest absolute Gasteiger partial charge is 0.246 e. The minimum atomic E-state index is -0.0625. The average Bonchev–Trinajstić information content (AvgIpc) is 3.44. The number of anilines is 1. The summed E-state index contributed by atoms with van der Waals surface area (Å²) in [5.74, 6) is 1.17. The topological polar surface area (TPSA) is 99.2 Å². The molecule has 1 fully saturated rings. The molecular weight excluding hydrogens is 448 g/mol. The number of thiophene rings is 1. The Bertz CT molecular complexity index is 1350. The molecule has 1 saturated heterocycles. The van der Waals surface area contributed by atoms with Crippen molar-refractivity contribution in [2.75, 3.05) is 18.8 Å². The van der Waals surface area contributed by atoms with Gasteiger partial charge in [0.15, 0.2) is 5.65 Å². The summed E-state index contributed by atoms with van der Waals surface area (Å²) >= 11 is 1.65. The number of hydrogen-bond donors (Lipinski definition) is 1. The van der Waals surface area contributed by atoms with E-state index in [2.05, 4.69) is 29.5 Å². The van der Waals surface area contributed by atoms with E-state index in [9.17, 15) is 4.79 Å². The summed E-state index contributed by atoms with van der Waals surface area (Å²) in [5, 5.41) is 5.72. The van der Waals surface area contributed by atoms with Crippen LogP contribution in [-0.2, 0) is 11.4 Å². The highest BCUT2D eigenvalue weighted by Gasteiger charge is 2.28. The van der Waals surface area contributed by atoms with Gasteiger partial charge >= 0.3 is 0 Å². The molecule has 1 atom stereocenters. The van der Waals surface area contributed by atoms with Crippen LogP contribution < -0.4 is 10.5 Å². The molecular formula is C25H26N6O2S. The van der Waals surface area contributed by atoms with Crippen LogP contribution in [0.15, 0.2) is 55.4 Å². The molecule has 4 aromatic rings. The molecule has 0 aliphatic carbocycles. The maximum atomic E-state index is 12.2. The number of fused-ring (bicyclic) bond motifs is 1. The predicted molar refractivity (Wildman–Crippen MR) is 134 cm³/mol. The SMILES string of the molecule is C=CC(=O)N1CCCC(n2nc(-c3cc(COc4ccccc4)c(C)s3)c3c(N)ncnc32)C1. The van der Waals surface area contributed by atoms with E-state index >= 15 is 0 Å². The van der Waals surface area contributed by atoms with Crippen LogP contribution in [0.25, 0.3) is 21.6 Å². The zero-order chi connectivity index (χ0) is 23.7. The Morgan fingerprint density at radius 1 is 1.32 bits per heavy atom. The highest BCUT2D eigenvalue weighted by Crippen LogP contribution is 2.38. The number of rotatable bonds is 6. The van der Waals surface area contributed by atoms with Crippen molar-refractivity contribution in [3.05, 3.63) is 65.8 Å². The molecule has 1 amide bonds. The number of carbonyl (C=O) groups is 1. The molecule has 0 radical (unpaired) electrons. The Morgan fingerprint density at radius 2 is 2.15 bits per heavy atom. The van der Waals surface area contributed by atoms with Crippen LogP contribution in [0.3, 0.4) is 0 Å². The molecule has 0 saturated carbocycles. The summed E-state index contributed by atoms with van der Waals surface area (Å²) in [5.41, 5.74) is 8.86. The second-order valence-corrected chi connectivity index (χ2v) is 9.59. The van der Waals surface area contributed by atoms with Gasteiger partial charge in [0.1, 0.15) is 30.2 Å². The van der Waals surface area contributed by atoms with Crippen LogP contribution in [0.4, 0.5) is 5.82 Å². The van der Waals surface area contributed by atoms with Gasteiger partial charge in [-0.25, -0.2) is 14.6 Å². The van der Waals surface area contributed by atoms with Crippen LogP contribution in [0, 0.1) is 6.92 Å². The molecule has 0 bridgehead atoms. The van der Waals surface area contributed by atoms with E-state index in [1.807, 2.05) is 39.9 Å². The zero-order valence-corrected chi connectivity index (χ0v) is 19.8. The van der Waals surface area contributed by atoms with E-state index in [-0.39, 0.29) is 11.9 Å². The summed E-state index contributed by atoms with van der Waals surface area (Å²) in [6.45, 7) is 7.46. The minimum Gasteiger partial charge on any atom is -0.489 e. The van der Waals surface area contributed by atoms with Crippen LogP contribution >= 0.6 is 11.3 Å². The third-order valence-corrected chi connectivity index (χ3v) is 7.24. The Hall–Kier alpha value is -3.72. The summed E-state index contributed by atoms with van der Waals surface area (Å²) in [6.07, 6.45) is 4.62. The van der Waals surface area contributed by atoms with E-state index in [0.717, 1.165) is 51.5 Å². The number of amides is 1. The van der Waals surface area contributed by atoms with Gasteiger partial charge in [0, 0.05) is 23.5 Å². The number of nitrogens with two attached hydrogens (primary N) is 1. The summed E-state index contributed by atoms with van der Waals surface area (Å²) in [7, 11) is 0. The number of likely N-dealkylation sites (tertiary alicyclic amines) is 1. The predicted octanol–water partition coefficient (Wildman–Crippen LogP) is 4.37. The van der Waals surface area contributed by atoms with Crippen LogP contribution in [-0.4, -0.2) is 43.6 Å². The Labute approximate surface area is 201 Å². The van der Waals surface area contributed by atoms with Gasteiger partial charge in [0.05, 0.1) is 16.3 Å². The first kappa shape index (κ1) is 22.1. The highest BCUT2D eigenvalue weighted by molar-refractivity contribution is 7.15. The van der Waals surface area contributed by atoms with Gasteiger partial charge in [-0.05, 0) is 44.0 Å². The van der Waals surface area contributed by atoms with E-state index in [0.29, 0.717) is 24.6 Å². The standard InChI is InChI=1S/C25H26N6O2S/c1-3-21(32)30-11-7-8-18(13-30)31-25-22(24(26)27-15-28-25)23(29-31)20-12-17(16(2)34-20)14-33-19-9-5-4-6-10-19/h3-6,9-10,12,15,18H,1,7-8,11,13-14H2,2H3,(H2,26,27,28). The van der Waals surface area contributed by atoms with Gasteiger partial charge in [-0.2, -0.15) is 5.10 Å². The largest absolute Gasteiger partial charge is 0.489 e. The minimum absolute atomic E-state index is 0.00476. The summed E-state index contributed by atoms with van der Waals surface area (Å²) < 4.78 is 7.88. The van der Waals surface area contributed by atoms with Gasteiger partial charge in [-0.1, -0.05) is 24.8 Å². The fraction of sp³-hybridized carbons (Fsp3) is 0.280. The molecule has 2 N–H and O–H groups in total. The molecule has 1 unspecified atom stereocenters.